The summed E-state index contributed by atoms with van der Waals surface area (Å²) in [6.07, 6.45) is 0.858. The molecule has 6 heteroatoms. The van der Waals surface area contributed by atoms with E-state index in [-0.39, 0.29) is 5.91 Å². The topological polar surface area (TPSA) is 87.4 Å². The molecule has 0 spiro atoms. The fourth-order valence-corrected chi connectivity index (χ4v) is 1.76. The molecule has 0 unspecified atom stereocenters. The quantitative estimate of drug-likeness (QED) is 0.187. The van der Waals surface area contributed by atoms with Crippen LogP contribution >= 0.6 is 0 Å². The minimum absolute atomic E-state index is 0.351. The van der Waals surface area contributed by atoms with Gasteiger partial charge in [0.25, 0.3) is 5.91 Å². The molecule has 5 nitrogen and oxygen atoms in total. The SMILES string of the molecule is NNC(=O)c1ccc2c(c1)B(O)NCC2. The normalized spacial score (nSPS) is 14.7. The van der Waals surface area contributed by atoms with E-state index in [0.29, 0.717) is 5.56 Å². The number of amides is 1. The van der Waals surface area contributed by atoms with Crippen LogP contribution in [0.1, 0.15) is 15.9 Å². The Balaban J connectivity index is 2.39. The van der Waals surface area contributed by atoms with Gasteiger partial charge < -0.3 is 10.3 Å². The molecule has 1 heterocycles. The average molecular weight is 205 g/mol. The van der Waals surface area contributed by atoms with Gasteiger partial charge in [0.15, 0.2) is 0 Å². The third-order valence-corrected chi connectivity index (χ3v) is 2.57. The van der Waals surface area contributed by atoms with Gasteiger partial charge in [-0.1, -0.05) is 12.1 Å². The average Bonchev–Trinajstić information content (AvgIpc) is 2.28. The molecule has 0 saturated heterocycles. The Bertz CT molecular complexity index is 397. The molecule has 2 rings (SSSR count). The third-order valence-electron chi connectivity index (χ3n) is 2.57. The zero-order valence-electron chi connectivity index (χ0n) is 8.16. The molecule has 0 atom stereocenters. The zero-order chi connectivity index (χ0) is 10.8. The first-order valence-corrected chi connectivity index (χ1v) is 4.77. The van der Waals surface area contributed by atoms with Crippen molar-refractivity contribution in [2.75, 3.05) is 6.54 Å². The standard InChI is InChI=1S/C9H12BN3O2/c11-13-9(14)7-2-1-6-3-4-12-10(15)8(6)5-7/h1-2,5,12,15H,3-4,11H2,(H,13,14). The van der Waals surface area contributed by atoms with Crippen molar-refractivity contribution < 1.29 is 9.82 Å². The van der Waals surface area contributed by atoms with Gasteiger partial charge in [0.2, 0.25) is 0 Å². The van der Waals surface area contributed by atoms with E-state index in [1.165, 1.54) is 0 Å². The van der Waals surface area contributed by atoms with E-state index in [9.17, 15) is 9.82 Å². The van der Waals surface area contributed by atoms with E-state index >= 15 is 0 Å². The van der Waals surface area contributed by atoms with E-state index in [0.717, 1.165) is 24.0 Å². The molecule has 0 saturated carbocycles. The van der Waals surface area contributed by atoms with Gasteiger partial charge in [0.1, 0.15) is 0 Å². The van der Waals surface area contributed by atoms with Gasteiger partial charge in [-0.3, -0.25) is 10.2 Å². The first kappa shape index (κ1) is 10.2. The van der Waals surface area contributed by atoms with Crippen LogP contribution in [0.4, 0.5) is 0 Å². The lowest BCUT2D eigenvalue weighted by molar-refractivity contribution is 0.0953. The summed E-state index contributed by atoms with van der Waals surface area (Å²) < 4.78 is 0. The Morgan fingerprint density at radius 1 is 1.60 bits per heavy atom. The second kappa shape index (κ2) is 4.02. The maximum atomic E-state index is 11.3. The molecule has 0 aliphatic carbocycles. The number of carbonyl (C=O) groups excluding carboxylic acids is 1. The van der Waals surface area contributed by atoms with E-state index < -0.39 is 7.05 Å². The maximum Gasteiger partial charge on any atom is 0.413 e. The fourth-order valence-electron chi connectivity index (χ4n) is 1.76. The highest BCUT2D eigenvalue weighted by molar-refractivity contribution is 6.64. The lowest BCUT2D eigenvalue weighted by Crippen LogP contribution is -2.51. The predicted molar refractivity (Wildman–Crippen MR) is 57.4 cm³/mol. The molecule has 0 radical (unpaired) electrons. The fraction of sp³-hybridized carbons (Fsp3) is 0.222. The van der Waals surface area contributed by atoms with Gasteiger partial charge in [-0.15, -0.1) is 0 Å². The van der Waals surface area contributed by atoms with Crippen LogP contribution in [0.25, 0.3) is 0 Å². The van der Waals surface area contributed by atoms with Crippen LogP contribution in [0, 0.1) is 0 Å². The molecule has 1 aliphatic rings. The van der Waals surface area contributed by atoms with E-state index in [1.807, 2.05) is 6.07 Å². The van der Waals surface area contributed by atoms with Crippen molar-refractivity contribution in [3.63, 3.8) is 0 Å². The molecule has 1 aliphatic heterocycles. The highest BCUT2D eigenvalue weighted by Gasteiger charge is 2.23. The number of hydrogen-bond acceptors (Lipinski definition) is 4. The van der Waals surface area contributed by atoms with E-state index in [4.69, 9.17) is 5.84 Å². The van der Waals surface area contributed by atoms with Crippen LogP contribution in [0.3, 0.4) is 0 Å². The number of benzene rings is 1. The molecule has 1 aromatic rings. The van der Waals surface area contributed by atoms with Crippen molar-refractivity contribution in [3.05, 3.63) is 29.3 Å². The number of nitrogen functional groups attached to an aromatic ring is 1. The minimum atomic E-state index is -0.695. The Hall–Kier alpha value is -1.37. The van der Waals surface area contributed by atoms with Crippen molar-refractivity contribution in [1.29, 1.82) is 0 Å². The lowest BCUT2D eigenvalue weighted by Gasteiger charge is -2.20. The number of rotatable bonds is 1. The summed E-state index contributed by atoms with van der Waals surface area (Å²) in [6, 6.07) is 5.22. The van der Waals surface area contributed by atoms with Crippen LogP contribution < -0.4 is 22.0 Å². The smallest absolute Gasteiger partial charge is 0.413 e. The molecule has 15 heavy (non-hydrogen) atoms. The van der Waals surface area contributed by atoms with Crippen LogP contribution in [-0.2, 0) is 6.42 Å². The van der Waals surface area contributed by atoms with Gasteiger partial charge in [-0.2, -0.15) is 0 Å². The summed E-state index contributed by atoms with van der Waals surface area (Å²) in [5.41, 5.74) is 4.34. The number of nitrogens with one attached hydrogen (secondary N) is 2. The number of nitrogens with two attached hydrogens (primary N) is 1. The Labute approximate surface area is 87.8 Å². The Morgan fingerprint density at radius 3 is 3.13 bits per heavy atom. The van der Waals surface area contributed by atoms with E-state index in [2.05, 4.69) is 10.7 Å². The largest absolute Gasteiger partial charge is 0.433 e. The molecule has 0 aromatic heterocycles. The summed E-state index contributed by atoms with van der Waals surface area (Å²) in [7, 11) is -0.695. The highest BCUT2D eigenvalue weighted by Crippen LogP contribution is 2.06. The molecule has 1 amide bonds. The second-order valence-corrected chi connectivity index (χ2v) is 3.49. The van der Waals surface area contributed by atoms with Crippen molar-refractivity contribution in [2.24, 2.45) is 5.84 Å². The monoisotopic (exact) mass is 205 g/mol. The molecular weight excluding hydrogens is 193 g/mol. The zero-order valence-corrected chi connectivity index (χ0v) is 8.16. The minimum Gasteiger partial charge on any atom is -0.433 e. The molecule has 78 valence electrons. The maximum absolute atomic E-state index is 11.3. The summed E-state index contributed by atoms with van der Waals surface area (Å²) >= 11 is 0. The van der Waals surface area contributed by atoms with Crippen molar-refractivity contribution in [3.8, 4) is 0 Å². The van der Waals surface area contributed by atoms with Crippen LogP contribution in [0.15, 0.2) is 18.2 Å². The predicted octanol–water partition coefficient (Wildman–Crippen LogP) is -1.88. The molecule has 0 bridgehead atoms. The van der Waals surface area contributed by atoms with Gasteiger partial charge >= 0.3 is 7.05 Å². The first-order valence-electron chi connectivity index (χ1n) is 4.77. The second-order valence-electron chi connectivity index (χ2n) is 3.49. The Kier molecular flexibility index (Phi) is 2.72. The summed E-state index contributed by atoms with van der Waals surface area (Å²) in [4.78, 5) is 11.3. The van der Waals surface area contributed by atoms with Crippen LogP contribution in [0.2, 0.25) is 0 Å². The first-order chi connectivity index (χ1) is 7.22. The van der Waals surface area contributed by atoms with Crippen molar-refractivity contribution in [2.45, 2.75) is 6.42 Å². The van der Waals surface area contributed by atoms with Gasteiger partial charge in [0.05, 0.1) is 0 Å². The van der Waals surface area contributed by atoms with Crippen LogP contribution in [0.5, 0.6) is 0 Å². The van der Waals surface area contributed by atoms with Crippen molar-refractivity contribution >= 4 is 18.4 Å². The molecule has 0 fully saturated rings. The van der Waals surface area contributed by atoms with Gasteiger partial charge in [-0.05, 0) is 30.1 Å². The summed E-state index contributed by atoms with van der Waals surface area (Å²) in [5.74, 6) is 4.69. The van der Waals surface area contributed by atoms with Gasteiger partial charge in [0, 0.05) is 5.56 Å². The van der Waals surface area contributed by atoms with Gasteiger partial charge in [-0.25, -0.2) is 5.84 Å². The molecule has 1 aromatic carbocycles. The molecular formula is C9H12BN3O2. The number of hydrogen-bond donors (Lipinski definition) is 4. The number of fused-ring (bicyclic) bond motifs is 1. The summed E-state index contributed by atoms with van der Waals surface area (Å²) in [5, 5.41) is 12.6. The third kappa shape index (κ3) is 1.87. The van der Waals surface area contributed by atoms with E-state index in [1.54, 1.807) is 12.1 Å². The lowest BCUT2D eigenvalue weighted by atomic mass is 9.68. The number of hydrazine groups is 1. The Morgan fingerprint density at radius 2 is 2.40 bits per heavy atom. The molecule has 5 N–H and O–H groups in total. The van der Waals surface area contributed by atoms with Crippen LogP contribution in [-0.4, -0.2) is 24.5 Å². The number of carbonyl (C=O) groups is 1. The highest BCUT2D eigenvalue weighted by atomic mass is 16.2. The summed E-state index contributed by atoms with van der Waals surface area (Å²) in [6.45, 7) is 0.747. The van der Waals surface area contributed by atoms with Crippen molar-refractivity contribution in [1.82, 2.24) is 10.7 Å².